The first-order valence-corrected chi connectivity index (χ1v) is 9.01. The van der Waals surface area contributed by atoms with Crippen LogP contribution >= 0.6 is 0 Å². The summed E-state index contributed by atoms with van der Waals surface area (Å²) in [5.41, 5.74) is 1.40. The van der Waals surface area contributed by atoms with Crippen LogP contribution in [-0.2, 0) is 6.42 Å². The number of aryl methyl sites for hydroxylation is 1. The average molecular weight is 288 g/mol. The van der Waals surface area contributed by atoms with Gasteiger partial charge >= 0.3 is 0 Å². The molecule has 2 rings (SSSR count). The van der Waals surface area contributed by atoms with Crippen LogP contribution in [0.25, 0.3) is 0 Å². The van der Waals surface area contributed by atoms with Crippen LogP contribution in [0.4, 0.5) is 0 Å². The monoisotopic (exact) mass is 288 g/mol. The van der Waals surface area contributed by atoms with E-state index in [9.17, 15) is 5.11 Å². The van der Waals surface area contributed by atoms with Crippen molar-refractivity contribution in [3.8, 4) is 0 Å². The minimum atomic E-state index is -0.0687. The SMILES string of the molecule is CCCCC1CCC(C(O)CCCc2ccccc2)CC1. The van der Waals surface area contributed by atoms with Gasteiger partial charge in [0.2, 0.25) is 0 Å². The Kier molecular flexibility index (Phi) is 7.29. The number of benzene rings is 1. The van der Waals surface area contributed by atoms with Crippen LogP contribution in [0.5, 0.6) is 0 Å². The summed E-state index contributed by atoms with van der Waals surface area (Å²) in [6.07, 6.45) is 12.4. The van der Waals surface area contributed by atoms with E-state index in [0.717, 1.165) is 25.2 Å². The molecular formula is C20H32O. The Bertz CT molecular complexity index is 365. The van der Waals surface area contributed by atoms with E-state index in [4.69, 9.17) is 0 Å². The molecule has 1 aliphatic rings. The summed E-state index contributed by atoms with van der Waals surface area (Å²) in [5.74, 6) is 1.51. The normalized spacial score (nSPS) is 23.9. The molecule has 1 unspecified atom stereocenters. The maximum atomic E-state index is 10.4. The molecule has 0 spiro atoms. The van der Waals surface area contributed by atoms with E-state index in [1.807, 2.05) is 0 Å². The number of aliphatic hydroxyl groups is 1. The van der Waals surface area contributed by atoms with Gasteiger partial charge < -0.3 is 5.11 Å². The zero-order chi connectivity index (χ0) is 14.9. The van der Waals surface area contributed by atoms with Crippen LogP contribution < -0.4 is 0 Å². The molecule has 0 saturated heterocycles. The highest BCUT2D eigenvalue weighted by Crippen LogP contribution is 2.34. The van der Waals surface area contributed by atoms with Gasteiger partial charge in [-0.25, -0.2) is 0 Å². The molecule has 21 heavy (non-hydrogen) atoms. The lowest BCUT2D eigenvalue weighted by molar-refractivity contribution is 0.0640. The van der Waals surface area contributed by atoms with Gasteiger partial charge in [-0.05, 0) is 49.5 Å². The van der Waals surface area contributed by atoms with Crippen molar-refractivity contribution in [3.05, 3.63) is 35.9 Å². The Balaban J connectivity index is 1.62. The van der Waals surface area contributed by atoms with E-state index in [1.54, 1.807) is 0 Å². The van der Waals surface area contributed by atoms with E-state index >= 15 is 0 Å². The molecule has 1 aliphatic carbocycles. The summed E-state index contributed by atoms with van der Waals surface area (Å²) in [5, 5.41) is 10.4. The van der Waals surface area contributed by atoms with Gasteiger partial charge in [-0.1, -0.05) is 69.4 Å². The molecule has 118 valence electrons. The fourth-order valence-corrected chi connectivity index (χ4v) is 3.75. The van der Waals surface area contributed by atoms with E-state index in [1.165, 1.54) is 50.5 Å². The first kappa shape index (κ1) is 16.5. The summed E-state index contributed by atoms with van der Waals surface area (Å²) in [7, 11) is 0. The van der Waals surface area contributed by atoms with Gasteiger partial charge in [-0.15, -0.1) is 0 Å². The van der Waals surface area contributed by atoms with Crippen molar-refractivity contribution in [2.75, 3.05) is 0 Å². The van der Waals surface area contributed by atoms with E-state index in [-0.39, 0.29) is 6.10 Å². The number of unbranched alkanes of at least 4 members (excludes halogenated alkanes) is 1. The Hall–Kier alpha value is -0.820. The lowest BCUT2D eigenvalue weighted by Crippen LogP contribution is -2.25. The minimum Gasteiger partial charge on any atom is -0.393 e. The topological polar surface area (TPSA) is 20.2 Å². The zero-order valence-electron chi connectivity index (χ0n) is 13.6. The summed E-state index contributed by atoms with van der Waals surface area (Å²) in [4.78, 5) is 0. The number of hydrogen-bond donors (Lipinski definition) is 1. The van der Waals surface area contributed by atoms with Gasteiger partial charge in [0.05, 0.1) is 6.10 Å². The van der Waals surface area contributed by atoms with Crippen LogP contribution in [0.3, 0.4) is 0 Å². The Morgan fingerprint density at radius 1 is 1.05 bits per heavy atom. The lowest BCUT2D eigenvalue weighted by Gasteiger charge is -2.31. The molecule has 0 bridgehead atoms. The molecule has 1 fully saturated rings. The predicted molar refractivity (Wildman–Crippen MR) is 90.4 cm³/mol. The smallest absolute Gasteiger partial charge is 0.0568 e. The maximum absolute atomic E-state index is 10.4. The van der Waals surface area contributed by atoms with Crippen molar-refractivity contribution in [1.82, 2.24) is 0 Å². The number of rotatable bonds is 8. The lowest BCUT2D eigenvalue weighted by atomic mass is 9.77. The van der Waals surface area contributed by atoms with Gasteiger partial charge in [0.25, 0.3) is 0 Å². The third kappa shape index (κ3) is 5.82. The molecule has 1 heteroatoms. The molecular weight excluding hydrogens is 256 g/mol. The first-order valence-electron chi connectivity index (χ1n) is 9.01. The maximum Gasteiger partial charge on any atom is 0.0568 e. The van der Waals surface area contributed by atoms with Gasteiger partial charge in [-0.2, -0.15) is 0 Å². The van der Waals surface area contributed by atoms with Crippen LogP contribution in [0, 0.1) is 11.8 Å². The van der Waals surface area contributed by atoms with Crippen LogP contribution in [0.15, 0.2) is 30.3 Å². The molecule has 0 radical (unpaired) electrons. The minimum absolute atomic E-state index is 0.0687. The second kappa shape index (κ2) is 9.25. The summed E-state index contributed by atoms with van der Waals surface area (Å²) in [6.45, 7) is 2.28. The molecule has 0 aliphatic heterocycles. The highest BCUT2D eigenvalue weighted by atomic mass is 16.3. The third-order valence-electron chi connectivity index (χ3n) is 5.21. The summed E-state index contributed by atoms with van der Waals surface area (Å²) in [6, 6.07) is 10.6. The molecule has 1 aromatic rings. The van der Waals surface area contributed by atoms with Gasteiger partial charge in [-0.3, -0.25) is 0 Å². The van der Waals surface area contributed by atoms with Crippen molar-refractivity contribution in [2.24, 2.45) is 11.8 Å². The largest absolute Gasteiger partial charge is 0.393 e. The van der Waals surface area contributed by atoms with Gasteiger partial charge in [0, 0.05) is 0 Å². The Labute approximate surface area is 130 Å². The predicted octanol–water partition coefficient (Wildman–Crippen LogP) is 5.37. The van der Waals surface area contributed by atoms with Crippen molar-refractivity contribution in [1.29, 1.82) is 0 Å². The highest BCUT2D eigenvalue weighted by molar-refractivity contribution is 5.14. The second-order valence-electron chi connectivity index (χ2n) is 6.87. The molecule has 0 heterocycles. The molecule has 0 amide bonds. The highest BCUT2D eigenvalue weighted by Gasteiger charge is 2.25. The number of aliphatic hydroxyl groups excluding tert-OH is 1. The van der Waals surface area contributed by atoms with Crippen molar-refractivity contribution in [3.63, 3.8) is 0 Å². The van der Waals surface area contributed by atoms with Crippen molar-refractivity contribution < 1.29 is 5.11 Å². The van der Waals surface area contributed by atoms with Crippen molar-refractivity contribution in [2.45, 2.75) is 77.2 Å². The van der Waals surface area contributed by atoms with Gasteiger partial charge in [0.15, 0.2) is 0 Å². The van der Waals surface area contributed by atoms with Crippen LogP contribution in [-0.4, -0.2) is 11.2 Å². The first-order chi connectivity index (χ1) is 10.3. The fourth-order valence-electron chi connectivity index (χ4n) is 3.75. The average Bonchev–Trinajstić information content (AvgIpc) is 2.54. The molecule has 1 saturated carbocycles. The van der Waals surface area contributed by atoms with E-state index < -0.39 is 0 Å². The quantitative estimate of drug-likeness (QED) is 0.682. The third-order valence-corrected chi connectivity index (χ3v) is 5.21. The van der Waals surface area contributed by atoms with E-state index in [0.29, 0.717) is 5.92 Å². The number of hydrogen-bond acceptors (Lipinski definition) is 1. The summed E-state index contributed by atoms with van der Waals surface area (Å²) >= 11 is 0. The molecule has 1 nitrogen and oxygen atoms in total. The molecule has 1 atom stereocenters. The van der Waals surface area contributed by atoms with E-state index in [2.05, 4.69) is 37.3 Å². The molecule has 1 N–H and O–H groups in total. The molecule has 1 aromatic carbocycles. The van der Waals surface area contributed by atoms with Crippen LogP contribution in [0.1, 0.15) is 70.3 Å². The summed E-state index contributed by atoms with van der Waals surface area (Å²) < 4.78 is 0. The zero-order valence-corrected chi connectivity index (χ0v) is 13.6. The van der Waals surface area contributed by atoms with Crippen molar-refractivity contribution >= 4 is 0 Å². The second-order valence-corrected chi connectivity index (χ2v) is 6.87. The standard InChI is InChI=1S/C20H32O/c1-2-3-8-18-13-15-19(16-14-18)20(21)12-7-11-17-9-5-4-6-10-17/h4-6,9-10,18-21H,2-3,7-8,11-16H2,1H3. The Morgan fingerprint density at radius 2 is 1.76 bits per heavy atom. The molecule has 0 aromatic heterocycles. The fraction of sp³-hybridized carbons (Fsp3) is 0.700. The Morgan fingerprint density at radius 3 is 2.43 bits per heavy atom. The van der Waals surface area contributed by atoms with Gasteiger partial charge in [0.1, 0.15) is 0 Å². The van der Waals surface area contributed by atoms with Crippen LogP contribution in [0.2, 0.25) is 0 Å².